The Labute approximate surface area is 122 Å². The van der Waals surface area contributed by atoms with Crippen molar-refractivity contribution in [1.29, 1.82) is 0 Å². The molecule has 0 spiro atoms. The number of methoxy groups -OCH3 is 1. The fraction of sp³-hybridized carbons (Fsp3) is 0.133. The second-order valence-electron chi connectivity index (χ2n) is 4.52. The van der Waals surface area contributed by atoms with Crippen LogP contribution >= 0.6 is 0 Å². The molecule has 0 radical (unpaired) electrons. The zero-order valence-electron chi connectivity index (χ0n) is 11.5. The summed E-state index contributed by atoms with van der Waals surface area (Å²) in [5.41, 5.74) is 1.46. The number of ether oxygens (including phenoxy) is 1. The van der Waals surface area contributed by atoms with Crippen LogP contribution in [0.3, 0.4) is 0 Å². The van der Waals surface area contributed by atoms with Crippen LogP contribution in [0.25, 0.3) is 11.1 Å². The Morgan fingerprint density at radius 1 is 1.05 bits per heavy atom. The van der Waals surface area contributed by atoms with Gasteiger partial charge in [-0.15, -0.1) is 0 Å². The first-order valence-electron chi connectivity index (χ1n) is 6.05. The highest BCUT2D eigenvalue weighted by Crippen LogP contribution is 2.27. The molecule has 5 nitrogen and oxygen atoms in total. The Hall–Kier alpha value is -2.34. The third kappa shape index (κ3) is 3.22. The van der Waals surface area contributed by atoms with E-state index in [2.05, 4.69) is 0 Å². The summed E-state index contributed by atoms with van der Waals surface area (Å²) in [7, 11) is -1.84. The van der Waals surface area contributed by atoms with E-state index in [4.69, 9.17) is 9.84 Å². The minimum atomic E-state index is -3.25. The van der Waals surface area contributed by atoms with Crippen LogP contribution in [0, 0.1) is 0 Å². The number of carboxylic acid groups (broad SMARTS) is 1. The van der Waals surface area contributed by atoms with Gasteiger partial charge in [-0.1, -0.05) is 18.2 Å². The molecule has 0 aromatic heterocycles. The highest BCUT2D eigenvalue weighted by atomic mass is 32.2. The molecule has 0 heterocycles. The lowest BCUT2D eigenvalue weighted by molar-refractivity contribution is 0.0693. The molecule has 0 bridgehead atoms. The quantitative estimate of drug-likeness (QED) is 0.938. The van der Waals surface area contributed by atoms with Crippen molar-refractivity contribution in [3.63, 3.8) is 0 Å². The number of sulfone groups is 1. The van der Waals surface area contributed by atoms with Crippen LogP contribution < -0.4 is 4.74 Å². The molecule has 0 aliphatic carbocycles. The zero-order chi connectivity index (χ0) is 15.6. The topological polar surface area (TPSA) is 80.7 Å². The molecule has 110 valence electrons. The molecular weight excluding hydrogens is 292 g/mol. The molecule has 0 atom stereocenters. The van der Waals surface area contributed by atoms with Crippen LogP contribution in [0.1, 0.15) is 10.4 Å². The molecular formula is C15H14O5S. The van der Waals surface area contributed by atoms with Gasteiger partial charge in [0.25, 0.3) is 0 Å². The summed E-state index contributed by atoms with van der Waals surface area (Å²) >= 11 is 0. The highest BCUT2D eigenvalue weighted by molar-refractivity contribution is 7.90. The summed E-state index contributed by atoms with van der Waals surface area (Å²) in [6, 6.07) is 11.1. The van der Waals surface area contributed by atoms with Crippen molar-refractivity contribution >= 4 is 15.8 Å². The normalized spacial score (nSPS) is 11.1. The Morgan fingerprint density at radius 2 is 1.62 bits per heavy atom. The van der Waals surface area contributed by atoms with Crippen LogP contribution in [0.2, 0.25) is 0 Å². The molecule has 0 aliphatic heterocycles. The number of carbonyl (C=O) groups is 1. The maximum Gasteiger partial charge on any atom is 0.339 e. The number of carboxylic acids is 1. The third-order valence-electron chi connectivity index (χ3n) is 3.05. The Morgan fingerprint density at radius 3 is 2.10 bits per heavy atom. The van der Waals surface area contributed by atoms with E-state index < -0.39 is 15.8 Å². The lowest BCUT2D eigenvalue weighted by Gasteiger charge is -2.08. The van der Waals surface area contributed by atoms with Crippen molar-refractivity contribution in [1.82, 2.24) is 0 Å². The van der Waals surface area contributed by atoms with E-state index in [1.165, 1.54) is 25.3 Å². The Balaban J connectivity index is 2.47. The van der Waals surface area contributed by atoms with Crippen LogP contribution in [0.5, 0.6) is 5.75 Å². The number of hydrogen-bond donors (Lipinski definition) is 1. The first-order chi connectivity index (χ1) is 9.82. The summed E-state index contributed by atoms with van der Waals surface area (Å²) in [4.78, 5) is 11.4. The van der Waals surface area contributed by atoms with Crippen LogP contribution in [0.4, 0.5) is 0 Å². The van der Waals surface area contributed by atoms with E-state index >= 15 is 0 Å². The number of aromatic carboxylic acids is 1. The maximum atomic E-state index is 11.4. The predicted octanol–water partition coefficient (Wildman–Crippen LogP) is 2.46. The van der Waals surface area contributed by atoms with Gasteiger partial charge in [-0.3, -0.25) is 0 Å². The van der Waals surface area contributed by atoms with Gasteiger partial charge in [0.1, 0.15) is 11.3 Å². The molecule has 2 aromatic rings. The van der Waals surface area contributed by atoms with Crippen molar-refractivity contribution in [2.24, 2.45) is 0 Å². The lowest BCUT2D eigenvalue weighted by atomic mass is 10.0. The molecule has 2 rings (SSSR count). The van der Waals surface area contributed by atoms with Crippen molar-refractivity contribution in [2.45, 2.75) is 4.90 Å². The number of rotatable bonds is 4. The number of hydrogen-bond acceptors (Lipinski definition) is 4. The SMILES string of the molecule is COc1ccc(-c2ccc(S(C)(=O)=O)cc2)cc1C(=O)O. The van der Waals surface area contributed by atoms with Gasteiger partial charge >= 0.3 is 5.97 Å². The van der Waals surface area contributed by atoms with Crippen molar-refractivity contribution < 1.29 is 23.1 Å². The predicted molar refractivity (Wildman–Crippen MR) is 78.5 cm³/mol. The minimum Gasteiger partial charge on any atom is -0.496 e. The molecule has 6 heteroatoms. The van der Waals surface area contributed by atoms with E-state index in [0.717, 1.165) is 11.8 Å². The van der Waals surface area contributed by atoms with Crippen molar-refractivity contribution in [2.75, 3.05) is 13.4 Å². The molecule has 21 heavy (non-hydrogen) atoms. The van der Waals surface area contributed by atoms with Crippen molar-refractivity contribution in [3.8, 4) is 16.9 Å². The largest absolute Gasteiger partial charge is 0.496 e. The van der Waals surface area contributed by atoms with E-state index in [1.54, 1.807) is 24.3 Å². The van der Waals surface area contributed by atoms with Crippen molar-refractivity contribution in [3.05, 3.63) is 48.0 Å². The summed E-state index contributed by atoms with van der Waals surface area (Å²) in [5, 5.41) is 9.16. The maximum absolute atomic E-state index is 11.4. The van der Waals surface area contributed by atoms with Crippen LogP contribution in [-0.2, 0) is 9.84 Å². The first-order valence-corrected chi connectivity index (χ1v) is 7.94. The molecule has 0 amide bonds. The van der Waals surface area contributed by atoms with Gasteiger partial charge in [0.05, 0.1) is 12.0 Å². The van der Waals surface area contributed by atoms with E-state index in [0.29, 0.717) is 5.56 Å². The third-order valence-corrected chi connectivity index (χ3v) is 4.17. The van der Waals surface area contributed by atoms with Gasteiger partial charge in [-0.25, -0.2) is 13.2 Å². The fourth-order valence-electron chi connectivity index (χ4n) is 1.95. The molecule has 0 fully saturated rings. The monoisotopic (exact) mass is 306 g/mol. The second kappa shape index (κ2) is 5.57. The van der Waals surface area contributed by atoms with E-state index in [-0.39, 0.29) is 16.2 Å². The van der Waals surface area contributed by atoms with Crippen LogP contribution in [0.15, 0.2) is 47.4 Å². The second-order valence-corrected chi connectivity index (χ2v) is 6.53. The molecule has 0 saturated heterocycles. The highest BCUT2D eigenvalue weighted by Gasteiger charge is 2.13. The van der Waals surface area contributed by atoms with E-state index in [9.17, 15) is 13.2 Å². The summed E-state index contributed by atoms with van der Waals surface area (Å²) in [6.07, 6.45) is 1.14. The smallest absolute Gasteiger partial charge is 0.339 e. The van der Waals surface area contributed by atoms with Gasteiger partial charge in [0.2, 0.25) is 0 Å². The summed E-state index contributed by atoms with van der Waals surface area (Å²) in [6.45, 7) is 0. The van der Waals surface area contributed by atoms with Gasteiger partial charge in [-0.2, -0.15) is 0 Å². The number of benzene rings is 2. The summed E-state index contributed by atoms with van der Waals surface area (Å²) in [5.74, 6) is -0.805. The average Bonchev–Trinajstić information content (AvgIpc) is 2.45. The molecule has 2 aromatic carbocycles. The van der Waals surface area contributed by atoms with Gasteiger partial charge < -0.3 is 9.84 Å². The standard InChI is InChI=1S/C15H14O5S/c1-20-14-8-5-11(9-13(14)15(16)17)10-3-6-12(7-4-10)21(2,18)19/h3-9H,1-2H3,(H,16,17). The van der Waals surface area contributed by atoms with E-state index in [1.807, 2.05) is 0 Å². The first kappa shape index (κ1) is 15.1. The average molecular weight is 306 g/mol. The molecule has 0 aliphatic rings. The van der Waals surface area contributed by atoms with Crippen LogP contribution in [-0.4, -0.2) is 32.9 Å². The molecule has 0 saturated carbocycles. The van der Waals surface area contributed by atoms with Gasteiger partial charge in [0, 0.05) is 6.26 Å². The fourth-order valence-corrected chi connectivity index (χ4v) is 2.58. The lowest BCUT2D eigenvalue weighted by Crippen LogP contribution is -2.01. The minimum absolute atomic E-state index is 0.0576. The Bertz CT molecular complexity index is 776. The Kier molecular flexibility index (Phi) is 3.99. The molecule has 0 unspecified atom stereocenters. The molecule has 1 N–H and O–H groups in total. The summed E-state index contributed by atoms with van der Waals surface area (Å²) < 4.78 is 27.8. The zero-order valence-corrected chi connectivity index (χ0v) is 12.3. The van der Waals surface area contributed by atoms with Gasteiger partial charge in [-0.05, 0) is 35.4 Å². The van der Waals surface area contributed by atoms with Gasteiger partial charge in [0.15, 0.2) is 9.84 Å².